The molecule has 2 nitrogen and oxygen atoms in total. The summed E-state index contributed by atoms with van der Waals surface area (Å²) >= 11 is 6.07. The van der Waals surface area contributed by atoms with Crippen LogP contribution in [0.15, 0.2) is 54.6 Å². The normalized spacial score (nSPS) is 10.7. The zero-order chi connectivity index (χ0) is 14.4. The Balaban J connectivity index is 1.97. The van der Waals surface area contributed by atoms with Crippen LogP contribution < -0.4 is 4.74 Å². The van der Waals surface area contributed by atoms with Crippen molar-refractivity contribution in [3.8, 4) is 5.75 Å². The van der Waals surface area contributed by atoms with Crippen LogP contribution in [-0.2, 0) is 11.4 Å². The average molecular weight is 287 g/mol. The monoisotopic (exact) mass is 286 g/mol. The summed E-state index contributed by atoms with van der Waals surface area (Å²) in [6.07, 6.45) is 3.32. The number of carbonyl (C=O) groups is 1. The highest BCUT2D eigenvalue weighted by molar-refractivity contribution is 6.31. The first-order chi connectivity index (χ1) is 9.65. The van der Waals surface area contributed by atoms with Crippen molar-refractivity contribution in [2.45, 2.75) is 13.5 Å². The van der Waals surface area contributed by atoms with Crippen molar-refractivity contribution in [1.29, 1.82) is 0 Å². The van der Waals surface area contributed by atoms with E-state index in [1.54, 1.807) is 12.2 Å². The van der Waals surface area contributed by atoms with Gasteiger partial charge in [0.05, 0.1) is 0 Å². The van der Waals surface area contributed by atoms with Crippen molar-refractivity contribution in [2.75, 3.05) is 0 Å². The topological polar surface area (TPSA) is 26.3 Å². The number of carbonyl (C=O) groups excluding carboxylic acids is 1. The van der Waals surface area contributed by atoms with Crippen LogP contribution in [0.25, 0.3) is 6.08 Å². The van der Waals surface area contributed by atoms with Crippen molar-refractivity contribution in [1.82, 2.24) is 0 Å². The van der Waals surface area contributed by atoms with E-state index in [4.69, 9.17) is 16.3 Å². The van der Waals surface area contributed by atoms with Gasteiger partial charge in [0.25, 0.3) is 0 Å². The lowest BCUT2D eigenvalue weighted by molar-refractivity contribution is -0.112. The Morgan fingerprint density at radius 2 is 1.85 bits per heavy atom. The minimum Gasteiger partial charge on any atom is -0.489 e. The van der Waals surface area contributed by atoms with Gasteiger partial charge in [-0.15, -0.1) is 0 Å². The minimum atomic E-state index is 0.0315. The lowest BCUT2D eigenvalue weighted by atomic mass is 10.2. The summed E-state index contributed by atoms with van der Waals surface area (Å²) in [7, 11) is 0. The number of rotatable bonds is 5. The molecule has 2 rings (SSSR count). The maximum absolute atomic E-state index is 10.9. The molecule has 0 aliphatic heterocycles. The van der Waals surface area contributed by atoms with Gasteiger partial charge in [0.1, 0.15) is 12.4 Å². The van der Waals surface area contributed by atoms with E-state index in [0.29, 0.717) is 11.6 Å². The Hall–Kier alpha value is -2.06. The van der Waals surface area contributed by atoms with Crippen LogP contribution in [-0.4, -0.2) is 5.78 Å². The molecule has 102 valence electrons. The van der Waals surface area contributed by atoms with Crippen molar-refractivity contribution >= 4 is 23.5 Å². The molecule has 0 aliphatic rings. The second kappa shape index (κ2) is 6.92. The molecule has 0 aromatic heterocycles. The Labute approximate surface area is 123 Å². The van der Waals surface area contributed by atoms with E-state index in [1.807, 2.05) is 48.5 Å². The molecule has 20 heavy (non-hydrogen) atoms. The van der Waals surface area contributed by atoms with Gasteiger partial charge in [-0.25, -0.2) is 0 Å². The molecule has 0 saturated carbocycles. The van der Waals surface area contributed by atoms with Crippen LogP contribution in [0, 0.1) is 0 Å². The molecule has 0 heterocycles. The molecular weight excluding hydrogens is 272 g/mol. The molecule has 0 saturated heterocycles. The standard InChI is InChI=1S/C17H15ClO2/c1-13(19)6-7-14-8-10-16(11-9-14)20-12-15-4-2-3-5-17(15)18/h2-11H,12H2,1H3/b7-6+. The maximum Gasteiger partial charge on any atom is 0.152 e. The summed E-state index contributed by atoms with van der Waals surface area (Å²) in [5.41, 5.74) is 1.92. The molecule has 0 unspecified atom stereocenters. The summed E-state index contributed by atoms with van der Waals surface area (Å²) in [6, 6.07) is 15.2. The first-order valence-electron chi connectivity index (χ1n) is 6.30. The fourth-order valence-corrected chi connectivity index (χ4v) is 1.86. The van der Waals surface area contributed by atoms with Crippen LogP contribution in [0.3, 0.4) is 0 Å². The van der Waals surface area contributed by atoms with Gasteiger partial charge >= 0.3 is 0 Å². The smallest absolute Gasteiger partial charge is 0.152 e. The first-order valence-corrected chi connectivity index (χ1v) is 6.68. The predicted molar refractivity (Wildman–Crippen MR) is 81.9 cm³/mol. The van der Waals surface area contributed by atoms with Crippen molar-refractivity contribution in [3.63, 3.8) is 0 Å². The third kappa shape index (κ3) is 4.25. The van der Waals surface area contributed by atoms with E-state index >= 15 is 0 Å². The maximum atomic E-state index is 10.9. The molecule has 0 fully saturated rings. The molecule has 2 aromatic carbocycles. The van der Waals surface area contributed by atoms with Crippen LogP contribution in [0.1, 0.15) is 18.1 Å². The van der Waals surface area contributed by atoms with Crippen LogP contribution in [0.2, 0.25) is 5.02 Å². The molecular formula is C17H15ClO2. The van der Waals surface area contributed by atoms with Gasteiger partial charge in [0, 0.05) is 10.6 Å². The summed E-state index contributed by atoms with van der Waals surface area (Å²) in [5.74, 6) is 0.800. The third-order valence-corrected chi connectivity index (χ3v) is 3.11. The quantitative estimate of drug-likeness (QED) is 0.755. The van der Waals surface area contributed by atoms with Gasteiger partial charge < -0.3 is 4.74 Å². The third-order valence-electron chi connectivity index (χ3n) is 2.74. The van der Waals surface area contributed by atoms with Gasteiger partial charge in [0.2, 0.25) is 0 Å². The first kappa shape index (κ1) is 14.4. The molecule has 0 spiro atoms. The predicted octanol–water partition coefficient (Wildman–Crippen LogP) is 4.52. The molecule has 0 amide bonds. The van der Waals surface area contributed by atoms with E-state index in [9.17, 15) is 4.79 Å². The molecule has 0 radical (unpaired) electrons. The zero-order valence-electron chi connectivity index (χ0n) is 11.2. The second-order valence-corrected chi connectivity index (χ2v) is 4.80. The Morgan fingerprint density at radius 1 is 1.15 bits per heavy atom. The highest BCUT2D eigenvalue weighted by Crippen LogP contribution is 2.19. The number of hydrogen-bond donors (Lipinski definition) is 0. The molecule has 2 aromatic rings. The number of ether oxygens (including phenoxy) is 1. The molecule has 3 heteroatoms. The number of allylic oxidation sites excluding steroid dienone is 1. The van der Waals surface area contributed by atoms with Gasteiger partial charge in [-0.3, -0.25) is 4.79 Å². The Bertz CT molecular complexity index is 615. The van der Waals surface area contributed by atoms with Crippen molar-refractivity contribution in [3.05, 3.63) is 70.8 Å². The van der Waals surface area contributed by atoms with Gasteiger partial charge in [-0.05, 0) is 36.8 Å². The molecule has 0 N–H and O–H groups in total. The summed E-state index contributed by atoms with van der Waals surface area (Å²) in [4.78, 5) is 10.9. The largest absolute Gasteiger partial charge is 0.489 e. The van der Waals surface area contributed by atoms with E-state index < -0.39 is 0 Å². The summed E-state index contributed by atoms with van der Waals surface area (Å²) in [6.45, 7) is 1.96. The van der Waals surface area contributed by atoms with Gasteiger partial charge in [-0.1, -0.05) is 48.0 Å². The van der Waals surface area contributed by atoms with E-state index in [1.165, 1.54) is 6.92 Å². The zero-order valence-corrected chi connectivity index (χ0v) is 11.9. The van der Waals surface area contributed by atoms with Gasteiger partial charge in [0.15, 0.2) is 5.78 Å². The lowest BCUT2D eigenvalue weighted by Crippen LogP contribution is -1.95. The van der Waals surface area contributed by atoms with Crippen LogP contribution in [0.5, 0.6) is 5.75 Å². The van der Waals surface area contributed by atoms with E-state index in [2.05, 4.69) is 0 Å². The Kier molecular flexibility index (Phi) is 4.97. The molecule has 0 aliphatic carbocycles. The number of ketones is 1. The highest BCUT2D eigenvalue weighted by Gasteiger charge is 2.00. The lowest BCUT2D eigenvalue weighted by Gasteiger charge is -2.07. The van der Waals surface area contributed by atoms with Gasteiger partial charge in [-0.2, -0.15) is 0 Å². The van der Waals surface area contributed by atoms with Crippen molar-refractivity contribution < 1.29 is 9.53 Å². The number of halogens is 1. The van der Waals surface area contributed by atoms with E-state index in [0.717, 1.165) is 16.9 Å². The van der Waals surface area contributed by atoms with E-state index in [-0.39, 0.29) is 5.78 Å². The Morgan fingerprint density at radius 3 is 2.50 bits per heavy atom. The number of benzene rings is 2. The SMILES string of the molecule is CC(=O)/C=C/c1ccc(OCc2ccccc2Cl)cc1. The molecule has 0 bridgehead atoms. The second-order valence-electron chi connectivity index (χ2n) is 4.39. The average Bonchev–Trinajstić information content (AvgIpc) is 2.45. The highest BCUT2D eigenvalue weighted by atomic mass is 35.5. The summed E-state index contributed by atoms with van der Waals surface area (Å²) in [5, 5.41) is 0.702. The van der Waals surface area contributed by atoms with Crippen LogP contribution >= 0.6 is 11.6 Å². The summed E-state index contributed by atoms with van der Waals surface area (Å²) < 4.78 is 5.68. The minimum absolute atomic E-state index is 0.0315. The molecule has 0 atom stereocenters. The van der Waals surface area contributed by atoms with Crippen molar-refractivity contribution in [2.24, 2.45) is 0 Å². The fraction of sp³-hybridized carbons (Fsp3) is 0.118. The van der Waals surface area contributed by atoms with Crippen LogP contribution in [0.4, 0.5) is 0 Å². The fourth-order valence-electron chi connectivity index (χ4n) is 1.67. The number of hydrogen-bond acceptors (Lipinski definition) is 2.